The third-order valence-corrected chi connectivity index (χ3v) is 1.38. The summed E-state index contributed by atoms with van der Waals surface area (Å²) < 4.78 is 4.96. The van der Waals surface area contributed by atoms with Crippen molar-refractivity contribution in [1.29, 1.82) is 0 Å². The van der Waals surface area contributed by atoms with Crippen LogP contribution in [0, 0.1) is 0 Å². The number of hydrogen-bond donors (Lipinski definition) is 1. The molecule has 0 spiro atoms. The summed E-state index contributed by atoms with van der Waals surface area (Å²) in [5, 5.41) is 8.43. The Morgan fingerprint density at radius 3 is 2.36 bits per heavy atom. The molecule has 0 saturated carbocycles. The van der Waals surface area contributed by atoms with Crippen LogP contribution in [0.25, 0.3) is 6.08 Å². The van der Waals surface area contributed by atoms with Crippen molar-refractivity contribution in [2.75, 3.05) is 7.11 Å². The van der Waals surface area contributed by atoms with Crippen LogP contribution < -0.4 is 4.74 Å². The Morgan fingerprint density at radius 1 is 1.27 bits per heavy atom. The topological polar surface area (TPSA) is 29.5 Å². The van der Waals surface area contributed by atoms with Gasteiger partial charge in [-0.1, -0.05) is 12.1 Å². The molecule has 11 heavy (non-hydrogen) atoms. The zero-order valence-electron chi connectivity index (χ0n) is 6.32. The van der Waals surface area contributed by atoms with E-state index in [2.05, 4.69) is 0 Å². The molecule has 0 aliphatic heterocycles. The highest BCUT2D eigenvalue weighted by Gasteiger charge is 1.88. The summed E-state index contributed by atoms with van der Waals surface area (Å²) in [5.74, 6) is 0.820. The van der Waals surface area contributed by atoms with E-state index in [0.717, 1.165) is 17.6 Å². The van der Waals surface area contributed by atoms with Gasteiger partial charge in [-0.15, -0.1) is 0 Å². The van der Waals surface area contributed by atoms with Crippen molar-refractivity contribution in [3.05, 3.63) is 36.1 Å². The van der Waals surface area contributed by atoms with Gasteiger partial charge in [-0.05, 0) is 23.8 Å². The summed E-state index contributed by atoms with van der Waals surface area (Å²) in [6.07, 6.45) is 2.63. The van der Waals surface area contributed by atoms with Crippen LogP contribution in [0.15, 0.2) is 30.5 Å². The minimum atomic E-state index is 0.820. The van der Waals surface area contributed by atoms with Crippen molar-refractivity contribution >= 4 is 6.08 Å². The fraction of sp³-hybridized carbons (Fsp3) is 0.111. The van der Waals surface area contributed by atoms with Crippen molar-refractivity contribution in [2.45, 2.75) is 0 Å². The maximum Gasteiger partial charge on any atom is 0.118 e. The lowest BCUT2D eigenvalue weighted by Gasteiger charge is -1.97. The van der Waals surface area contributed by atoms with Crippen LogP contribution in [0.2, 0.25) is 0 Å². The highest BCUT2D eigenvalue weighted by Crippen LogP contribution is 2.11. The Bertz CT molecular complexity index is 236. The predicted molar refractivity (Wildman–Crippen MR) is 44.7 cm³/mol. The summed E-state index contributed by atoms with van der Waals surface area (Å²) in [6, 6.07) is 7.42. The lowest BCUT2D eigenvalue weighted by Crippen LogP contribution is -1.81. The van der Waals surface area contributed by atoms with Gasteiger partial charge in [0.2, 0.25) is 0 Å². The molecule has 58 valence electrons. The molecule has 0 aromatic heterocycles. The standard InChI is InChI=1S/C9H10O2/c1-11-9-4-2-8(3-5-9)6-7-10/h2-7,10H,1H3. The molecule has 0 atom stereocenters. The zero-order chi connectivity index (χ0) is 8.10. The fourth-order valence-electron chi connectivity index (χ4n) is 0.801. The number of benzene rings is 1. The minimum absolute atomic E-state index is 0.820. The molecule has 0 fully saturated rings. The minimum Gasteiger partial charge on any atom is -0.516 e. The average molecular weight is 150 g/mol. The van der Waals surface area contributed by atoms with Crippen LogP contribution in [-0.4, -0.2) is 12.2 Å². The highest BCUT2D eigenvalue weighted by molar-refractivity contribution is 5.49. The summed E-state index contributed by atoms with van der Waals surface area (Å²) >= 11 is 0. The Labute approximate surface area is 65.7 Å². The second kappa shape index (κ2) is 3.66. The number of methoxy groups -OCH3 is 1. The smallest absolute Gasteiger partial charge is 0.118 e. The van der Waals surface area contributed by atoms with Gasteiger partial charge in [-0.2, -0.15) is 0 Å². The molecule has 0 aliphatic rings. The molecule has 0 saturated heterocycles. The van der Waals surface area contributed by atoms with E-state index in [0.29, 0.717) is 0 Å². The molecule has 2 heteroatoms. The van der Waals surface area contributed by atoms with Crippen molar-refractivity contribution in [3.63, 3.8) is 0 Å². The lowest BCUT2D eigenvalue weighted by atomic mass is 10.2. The van der Waals surface area contributed by atoms with Crippen LogP contribution >= 0.6 is 0 Å². The third-order valence-electron chi connectivity index (χ3n) is 1.38. The van der Waals surface area contributed by atoms with Crippen LogP contribution in [0.1, 0.15) is 5.56 Å². The van der Waals surface area contributed by atoms with E-state index in [1.54, 1.807) is 13.2 Å². The SMILES string of the molecule is COc1ccc(C=CO)cc1. The summed E-state index contributed by atoms with van der Waals surface area (Å²) in [5.41, 5.74) is 0.952. The molecule has 1 aromatic rings. The first kappa shape index (κ1) is 7.66. The quantitative estimate of drug-likeness (QED) is 0.655. The molecule has 0 unspecified atom stereocenters. The summed E-state index contributed by atoms with van der Waals surface area (Å²) in [7, 11) is 1.62. The third kappa shape index (κ3) is 2.00. The second-order valence-electron chi connectivity index (χ2n) is 2.09. The van der Waals surface area contributed by atoms with Crippen LogP contribution in [-0.2, 0) is 0 Å². The van der Waals surface area contributed by atoms with Gasteiger partial charge in [-0.3, -0.25) is 0 Å². The maximum atomic E-state index is 8.43. The highest BCUT2D eigenvalue weighted by atomic mass is 16.5. The Kier molecular flexibility index (Phi) is 2.55. The van der Waals surface area contributed by atoms with E-state index in [4.69, 9.17) is 9.84 Å². The van der Waals surface area contributed by atoms with Gasteiger partial charge in [0, 0.05) is 0 Å². The number of hydrogen-bond acceptors (Lipinski definition) is 2. The van der Waals surface area contributed by atoms with Crippen molar-refractivity contribution < 1.29 is 9.84 Å². The van der Waals surface area contributed by atoms with Gasteiger partial charge in [-0.25, -0.2) is 0 Å². The molecule has 1 N–H and O–H groups in total. The molecule has 1 aromatic carbocycles. The number of aliphatic hydroxyl groups excluding tert-OH is 1. The summed E-state index contributed by atoms with van der Waals surface area (Å²) in [4.78, 5) is 0. The molecule has 2 nitrogen and oxygen atoms in total. The van der Waals surface area contributed by atoms with Crippen molar-refractivity contribution in [2.24, 2.45) is 0 Å². The number of ether oxygens (including phenoxy) is 1. The lowest BCUT2D eigenvalue weighted by molar-refractivity contribution is 0.415. The van der Waals surface area contributed by atoms with Crippen LogP contribution in [0.4, 0.5) is 0 Å². The fourth-order valence-corrected chi connectivity index (χ4v) is 0.801. The van der Waals surface area contributed by atoms with Gasteiger partial charge in [0.05, 0.1) is 13.4 Å². The largest absolute Gasteiger partial charge is 0.516 e. The van der Waals surface area contributed by atoms with Crippen molar-refractivity contribution in [1.82, 2.24) is 0 Å². The van der Waals surface area contributed by atoms with Gasteiger partial charge in [0.1, 0.15) is 5.75 Å². The molecular weight excluding hydrogens is 140 g/mol. The first-order valence-corrected chi connectivity index (χ1v) is 3.31. The average Bonchev–Trinajstić information content (AvgIpc) is 2.07. The van der Waals surface area contributed by atoms with E-state index in [9.17, 15) is 0 Å². The van der Waals surface area contributed by atoms with Crippen LogP contribution in [0.5, 0.6) is 5.75 Å². The Hall–Kier alpha value is -1.44. The first-order valence-electron chi connectivity index (χ1n) is 3.31. The van der Waals surface area contributed by atoms with Gasteiger partial charge >= 0.3 is 0 Å². The van der Waals surface area contributed by atoms with E-state index in [-0.39, 0.29) is 0 Å². The van der Waals surface area contributed by atoms with Gasteiger partial charge in [0.15, 0.2) is 0 Å². The molecule has 0 aliphatic carbocycles. The maximum absolute atomic E-state index is 8.43. The van der Waals surface area contributed by atoms with E-state index in [1.165, 1.54) is 0 Å². The number of rotatable bonds is 2. The summed E-state index contributed by atoms with van der Waals surface area (Å²) in [6.45, 7) is 0. The Morgan fingerprint density at radius 2 is 1.91 bits per heavy atom. The molecule has 0 radical (unpaired) electrons. The predicted octanol–water partition coefficient (Wildman–Crippen LogP) is 2.22. The molecule has 0 amide bonds. The van der Waals surface area contributed by atoms with Crippen LogP contribution in [0.3, 0.4) is 0 Å². The van der Waals surface area contributed by atoms with E-state index in [1.807, 2.05) is 24.3 Å². The molecular formula is C9H10O2. The second-order valence-corrected chi connectivity index (χ2v) is 2.09. The number of aliphatic hydroxyl groups is 1. The Balaban J connectivity index is 2.82. The van der Waals surface area contributed by atoms with E-state index >= 15 is 0 Å². The monoisotopic (exact) mass is 150 g/mol. The van der Waals surface area contributed by atoms with Gasteiger partial charge in [0.25, 0.3) is 0 Å². The zero-order valence-corrected chi connectivity index (χ0v) is 6.32. The van der Waals surface area contributed by atoms with E-state index < -0.39 is 0 Å². The molecule has 0 bridgehead atoms. The first-order chi connectivity index (χ1) is 5.36. The van der Waals surface area contributed by atoms with Crippen molar-refractivity contribution in [3.8, 4) is 5.75 Å². The molecule has 0 heterocycles. The van der Waals surface area contributed by atoms with Gasteiger partial charge < -0.3 is 9.84 Å². The molecule has 1 rings (SSSR count). The normalized spacial score (nSPS) is 10.3.